The molecule has 0 bridgehead atoms. The molecule has 96 valence electrons. The van der Waals surface area contributed by atoms with Crippen molar-refractivity contribution in [1.29, 1.82) is 5.26 Å². The molecule has 20 heavy (non-hydrogen) atoms. The molecule has 0 unspecified atom stereocenters. The Morgan fingerprint density at radius 2 is 1.75 bits per heavy atom. The van der Waals surface area contributed by atoms with E-state index in [0.717, 1.165) is 16.6 Å². The summed E-state index contributed by atoms with van der Waals surface area (Å²) in [6, 6.07) is 17.0. The molecule has 0 aliphatic heterocycles. The number of nitrogens with zero attached hydrogens (tertiary/aromatic N) is 3. The molecule has 0 spiro atoms. The van der Waals surface area contributed by atoms with E-state index in [1.807, 2.05) is 36.4 Å². The van der Waals surface area contributed by atoms with Crippen molar-refractivity contribution in [3.05, 3.63) is 65.9 Å². The third-order valence-electron chi connectivity index (χ3n) is 2.90. The summed E-state index contributed by atoms with van der Waals surface area (Å²) in [6.07, 6.45) is 1.62. The predicted molar refractivity (Wildman–Crippen MR) is 75.0 cm³/mol. The molecule has 3 rings (SSSR count). The average Bonchev–Trinajstić information content (AvgIpc) is 2.53. The minimum Gasteiger partial charge on any atom is -0.472 e. The van der Waals surface area contributed by atoms with E-state index in [1.165, 1.54) is 0 Å². The second-order valence-electron chi connectivity index (χ2n) is 4.29. The van der Waals surface area contributed by atoms with Crippen LogP contribution in [0.15, 0.2) is 54.7 Å². The van der Waals surface area contributed by atoms with E-state index >= 15 is 0 Å². The van der Waals surface area contributed by atoms with Crippen LogP contribution in [0.2, 0.25) is 0 Å². The predicted octanol–water partition coefficient (Wildman–Crippen LogP) is 3.08. The van der Waals surface area contributed by atoms with Crippen molar-refractivity contribution in [3.63, 3.8) is 0 Å². The molecule has 0 aliphatic rings. The summed E-state index contributed by atoms with van der Waals surface area (Å²) >= 11 is 0. The molecule has 0 radical (unpaired) electrons. The Balaban J connectivity index is 1.74. The average molecular weight is 261 g/mol. The molecule has 0 saturated carbocycles. The number of aromatic nitrogens is 2. The van der Waals surface area contributed by atoms with Crippen LogP contribution in [-0.4, -0.2) is 9.97 Å². The third kappa shape index (κ3) is 2.57. The first-order chi connectivity index (χ1) is 9.85. The molecule has 4 nitrogen and oxygen atoms in total. The smallest absolute Gasteiger partial charge is 0.233 e. The first kappa shape index (κ1) is 12.1. The number of fused-ring (bicyclic) bond motifs is 1. The van der Waals surface area contributed by atoms with Crippen LogP contribution in [0.5, 0.6) is 5.88 Å². The van der Waals surface area contributed by atoms with Crippen LogP contribution in [0.3, 0.4) is 0 Å². The Kier molecular flexibility index (Phi) is 3.25. The molecule has 0 fully saturated rings. The van der Waals surface area contributed by atoms with Crippen molar-refractivity contribution >= 4 is 11.0 Å². The molecule has 2 aromatic carbocycles. The van der Waals surface area contributed by atoms with Crippen LogP contribution < -0.4 is 4.74 Å². The van der Waals surface area contributed by atoms with Gasteiger partial charge in [-0.05, 0) is 29.8 Å². The third-order valence-corrected chi connectivity index (χ3v) is 2.90. The van der Waals surface area contributed by atoms with Gasteiger partial charge in [0.05, 0.1) is 28.9 Å². The van der Waals surface area contributed by atoms with Gasteiger partial charge in [0.15, 0.2) is 0 Å². The highest BCUT2D eigenvalue weighted by atomic mass is 16.5. The maximum absolute atomic E-state index is 8.74. The SMILES string of the molecule is N#Cc1ccc(COc2cnc3ccccc3n2)cc1. The first-order valence-corrected chi connectivity index (χ1v) is 6.19. The van der Waals surface area contributed by atoms with Crippen LogP contribution in [0.1, 0.15) is 11.1 Å². The molecule has 0 aliphatic carbocycles. The van der Waals surface area contributed by atoms with E-state index in [0.29, 0.717) is 18.1 Å². The van der Waals surface area contributed by atoms with Crippen molar-refractivity contribution < 1.29 is 4.74 Å². The number of nitriles is 1. The fourth-order valence-electron chi connectivity index (χ4n) is 1.84. The summed E-state index contributed by atoms with van der Waals surface area (Å²) in [5, 5.41) is 8.74. The summed E-state index contributed by atoms with van der Waals surface area (Å²) in [7, 11) is 0. The maximum atomic E-state index is 8.74. The monoisotopic (exact) mass is 261 g/mol. The van der Waals surface area contributed by atoms with Gasteiger partial charge < -0.3 is 4.74 Å². The maximum Gasteiger partial charge on any atom is 0.233 e. The van der Waals surface area contributed by atoms with E-state index in [9.17, 15) is 0 Å². The Morgan fingerprint density at radius 3 is 2.50 bits per heavy atom. The van der Waals surface area contributed by atoms with E-state index in [4.69, 9.17) is 10.00 Å². The quantitative estimate of drug-likeness (QED) is 0.727. The summed E-state index contributed by atoms with van der Waals surface area (Å²) in [6.45, 7) is 0.402. The fourth-order valence-corrected chi connectivity index (χ4v) is 1.84. The number of ether oxygens (including phenoxy) is 1. The zero-order chi connectivity index (χ0) is 13.8. The van der Waals surface area contributed by atoms with Crippen molar-refractivity contribution in [3.8, 4) is 11.9 Å². The van der Waals surface area contributed by atoms with Gasteiger partial charge in [0.25, 0.3) is 0 Å². The van der Waals surface area contributed by atoms with E-state index in [1.54, 1.807) is 18.3 Å². The van der Waals surface area contributed by atoms with Crippen molar-refractivity contribution in [2.45, 2.75) is 6.61 Å². The number of hydrogen-bond donors (Lipinski definition) is 0. The van der Waals surface area contributed by atoms with Crippen LogP contribution in [-0.2, 0) is 6.61 Å². The molecule has 0 atom stereocenters. The number of hydrogen-bond acceptors (Lipinski definition) is 4. The first-order valence-electron chi connectivity index (χ1n) is 6.19. The highest BCUT2D eigenvalue weighted by Crippen LogP contribution is 2.14. The van der Waals surface area contributed by atoms with Crippen LogP contribution in [0.4, 0.5) is 0 Å². The van der Waals surface area contributed by atoms with Gasteiger partial charge in [-0.15, -0.1) is 0 Å². The number of rotatable bonds is 3. The molecular weight excluding hydrogens is 250 g/mol. The number of benzene rings is 2. The Labute approximate surface area is 116 Å². The molecule has 0 saturated heterocycles. The molecule has 3 aromatic rings. The fraction of sp³-hybridized carbons (Fsp3) is 0.0625. The lowest BCUT2D eigenvalue weighted by molar-refractivity contribution is 0.294. The van der Waals surface area contributed by atoms with E-state index in [2.05, 4.69) is 16.0 Å². The Bertz CT molecular complexity index is 776. The minimum absolute atomic E-state index is 0.402. The number of para-hydroxylation sites is 2. The second kappa shape index (κ2) is 5.37. The van der Waals surface area contributed by atoms with E-state index in [-0.39, 0.29) is 0 Å². The molecule has 1 aromatic heterocycles. The van der Waals surface area contributed by atoms with Crippen molar-refractivity contribution in [2.75, 3.05) is 0 Å². The van der Waals surface area contributed by atoms with Crippen LogP contribution >= 0.6 is 0 Å². The van der Waals surface area contributed by atoms with Crippen LogP contribution in [0, 0.1) is 11.3 Å². The second-order valence-corrected chi connectivity index (χ2v) is 4.29. The summed E-state index contributed by atoms with van der Waals surface area (Å²) < 4.78 is 5.62. The lowest BCUT2D eigenvalue weighted by atomic mass is 10.2. The van der Waals surface area contributed by atoms with Crippen LogP contribution in [0.25, 0.3) is 11.0 Å². The normalized spacial score (nSPS) is 10.2. The summed E-state index contributed by atoms with van der Waals surface area (Å²) in [5.41, 5.74) is 3.28. The van der Waals surface area contributed by atoms with E-state index < -0.39 is 0 Å². The zero-order valence-electron chi connectivity index (χ0n) is 10.7. The van der Waals surface area contributed by atoms with Gasteiger partial charge in [0, 0.05) is 0 Å². The van der Waals surface area contributed by atoms with Crippen molar-refractivity contribution in [1.82, 2.24) is 9.97 Å². The molecular formula is C16H11N3O. The summed E-state index contributed by atoms with van der Waals surface area (Å²) in [4.78, 5) is 8.68. The molecule has 4 heteroatoms. The van der Waals surface area contributed by atoms with Crippen molar-refractivity contribution in [2.24, 2.45) is 0 Å². The molecule has 1 heterocycles. The lowest BCUT2D eigenvalue weighted by Gasteiger charge is -2.05. The van der Waals surface area contributed by atoms with Gasteiger partial charge >= 0.3 is 0 Å². The minimum atomic E-state index is 0.402. The largest absolute Gasteiger partial charge is 0.472 e. The molecule has 0 N–H and O–H groups in total. The highest BCUT2D eigenvalue weighted by molar-refractivity contribution is 5.73. The zero-order valence-corrected chi connectivity index (χ0v) is 10.7. The highest BCUT2D eigenvalue weighted by Gasteiger charge is 2.01. The summed E-state index contributed by atoms with van der Waals surface area (Å²) in [5.74, 6) is 0.494. The van der Waals surface area contributed by atoms with Gasteiger partial charge in [0.2, 0.25) is 5.88 Å². The Morgan fingerprint density at radius 1 is 1.00 bits per heavy atom. The van der Waals surface area contributed by atoms with Gasteiger partial charge in [0.1, 0.15) is 6.61 Å². The lowest BCUT2D eigenvalue weighted by Crippen LogP contribution is -1.98. The standard InChI is InChI=1S/C16H11N3O/c17-9-12-5-7-13(8-6-12)11-20-16-10-18-14-3-1-2-4-15(14)19-16/h1-8,10H,11H2. The molecule has 0 amide bonds. The Hall–Kier alpha value is -2.93. The van der Waals surface area contributed by atoms with Gasteiger partial charge in [-0.3, -0.25) is 0 Å². The van der Waals surface area contributed by atoms with Gasteiger partial charge in [-0.2, -0.15) is 5.26 Å². The van der Waals surface area contributed by atoms with Gasteiger partial charge in [-0.25, -0.2) is 9.97 Å². The topological polar surface area (TPSA) is 58.8 Å². The van der Waals surface area contributed by atoms with Gasteiger partial charge in [-0.1, -0.05) is 24.3 Å².